The first-order chi connectivity index (χ1) is 15.2. The highest BCUT2D eigenvalue weighted by Gasteiger charge is 2.60. The molecule has 168 valence electrons. The van der Waals surface area contributed by atoms with Crippen molar-refractivity contribution in [2.45, 2.75) is 31.9 Å². The van der Waals surface area contributed by atoms with E-state index in [1.54, 1.807) is 35.2 Å². The maximum absolute atomic E-state index is 13.2. The van der Waals surface area contributed by atoms with Gasteiger partial charge in [0.05, 0.1) is 13.2 Å². The van der Waals surface area contributed by atoms with Crippen LogP contribution in [0.25, 0.3) is 0 Å². The van der Waals surface area contributed by atoms with Crippen molar-refractivity contribution < 1.29 is 24.0 Å². The van der Waals surface area contributed by atoms with Crippen molar-refractivity contribution in [3.8, 4) is 0 Å². The Morgan fingerprint density at radius 2 is 1.66 bits per heavy atom. The molecule has 0 spiro atoms. The molecule has 0 aliphatic carbocycles. The highest BCUT2D eigenvalue weighted by atomic mass is 16.7. The van der Waals surface area contributed by atoms with Crippen molar-refractivity contribution in [3.05, 3.63) is 71.8 Å². The van der Waals surface area contributed by atoms with Crippen LogP contribution < -0.4 is 5.32 Å². The lowest BCUT2D eigenvalue weighted by Crippen LogP contribution is -2.54. The van der Waals surface area contributed by atoms with Crippen molar-refractivity contribution >= 4 is 18.0 Å². The van der Waals surface area contributed by atoms with Crippen LogP contribution in [0.5, 0.6) is 0 Å². The zero-order valence-electron chi connectivity index (χ0n) is 18.4. The van der Waals surface area contributed by atoms with E-state index in [1.165, 1.54) is 5.06 Å². The number of carbonyl (C=O) groups excluding carboxylic acids is 3. The van der Waals surface area contributed by atoms with Gasteiger partial charge in [-0.05, 0) is 38.5 Å². The number of fused-ring (bicyclic) bond motifs is 1. The van der Waals surface area contributed by atoms with E-state index >= 15 is 0 Å². The molecule has 0 bridgehead atoms. The molecule has 2 aliphatic heterocycles. The molecule has 1 N–H and O–H groups in total. The first-order valence-corrected chi connectivity index (χ1v) is 10.6. The molecule has 4 amide bonds. The van der Waals surface area contributed by atoms with Crippen LogP contribution in [0.15, 0.2) is 60.7 Å². The van der Waals surface area contributed by atoms with E-state index < -0.39 is 29.2 Å². The van der Waals surface area contributed by atoms with E-state index in [4.69, 9.17) is 9.57 Å². The fourth-order valence-corrected chi connectivity index (χ4v) is 4.29. The molecule has 0 saturated carbocycles. The van der Waals surface area contributed by atoms with Crippen molar-refractivity contribution in [2.24, 2.45) is 5.92 Å². The van der Waals surface area contributed by atoms with Crippen LogP contribution in [-0.2, 0) is 15.1 Å². The van der Waals surface area contributed by atoms with Crippen LogP contribution in [0.3, 0.4) is 0 Å². The van der Waals surface area contributed by atoms with Gasteiger partial charge in [0.15, 0.2) is 0 Å². The monoisotopic (exact) mass is 437 g/mol. The number of hydroxylamine groups is 2. The Morgan fingerprint density at radius 3 is 2.28 bits per heavy atom. The molecule has 2 heterocycles. The van der Waals surface area contributed by atoms with Crippen LogP contribution in [0.2, 0.25) is 0 Å². The maximum Gasteiger partial charge on any atom is 0.410 e. The number of hydrogen-bond donors (Lipinski definition) is 1. The molecular weight excluding hydrogens is 410 g/mol. The van der Waals surface area contributed by atoms with E-state index in [1.807, 2.05) is 51.1 Å². The molecule has 2 aromatic carbocycles. The molecule has 2 aromatic rings. The SMILES string of the molecule is CC(C)(C)OC(=O)N1CC2CON(C(=O)NC(=O)c3ccccc3)C2(c2ccccc2)C1. The smallest absolute Gasteiger partial charge is 0.410 e. The topological polar surface area (TPSA) is 88.2 Å². The number of benzene rings is 2. The lowest BCUT2D eigenvalue weighted by molar-refractivity contribution is -0.123. The Morgan fingerprint density at radius 1 is 1.03 bits per heavy atom. The lowest BCUT2D eigenvalue weighted by Gasteiger charge is -2.36. The number of likely N-dealkylation sites (tertiary alicyclic amines) is 1. The number of rotatable bonds is 2. The van der Waals surface area contributed by atoms with Gasteiger partial charge in [-0.1, -0.05) is 48.5 Å². The summed E-state index contributed by atoms with van der Waals surface area (Å²) in [6.07, 6.45) is -0.442. The summed E-state index contributed by atoms with van der Waals surface area (Å²) < 4.78 is 5.56. The van der Waals surface area contributed by atoms with Gasteiger partial charge < -0.3 is 9.64 Å². The summed E-state index contributed by atoms with van der Waals surface area (Å²) in [6.45, 7) is 6.25. The predicted octanol–water partition coefficient (Wildman–Crippen LogP) is 3.55. The molecule has 2 unspecified atom stereocenters. The van der Waals surface area contributed by atoms with E-state index in [-0.39, 0.29) is 19.1 Å². The number of hydrogen-bond acceptors (Lipinski definition) is 5. The lowest BCUT2D eigenvalue weighted by atomic mass is 9.81. The Balaban J connectivity index is 1.62. The summed E-state index contributed by atoms with van der Waals surface area (Å²) in [5.41, 5.74) is -0.369. The first kappa shape index (κ1) is 21.8. The zero-order valence-corrected chi connectivity index (χ0v) is 18.4. The summed E-state index contributed by atoms with van der Waals surface area (Å²) in [7, 11) is 0. The predicted molar refractivity (Wildman–Crippen MR) is 117 cm³/mol. The minimum absolute atomic E-state index is 0.171. The van der Waals surface area contributed by atoms with Gasteiger partial charge in [0.25, 0.3) is 5.91 Å². The van der Waals surface area contributed by atoms with Gasteiger partial charge in [-0.2, -0.15) is 5.06 Å². The first-order valence-electron chi connectivity index (χ1n) is 10.6. The standard InChI is InChI=1S/C24H27N3O5/c1-23(2,3)32-22(30)26-14-19-15-31-27(24(19,16-26)18-12-8-5-9-13-18)21(29)25-20(28)17-10-6-4-7-11-17/h4-13,19H,14-16H2,1-3H3,(H,25,28,29). The number of nitrogens with zero attached hydrogens (tertiary/aromatic N) is 2. The normalized spacial score (nSPS) is 22.4. The molecule has 2 fully saturated rings. The van der Waals surface area contributed by atoms with Crippen LogP contribution >= 0.6 is 0 Å². The number of ether oxygens (including phenoxy) is 1. The number of imide groups is 1. The average molecular weight is 437 g/mol. The van der Waals surface area contributed by atoms with Crippen molar-refractivity contribution in [1.82, 2.24) is 15.3 Å². The van der Waals surface area contributed by atoms with Crippen LogP contribution in [-0.4, -0.2) is 53.3 Å². The third kappa shape index (κ3) is 4.05. The van der Waals surface area contributed by atoms with Crippen molar-refractivity contribution in [3.63, 3.8) is 0 Å². The second-order valence-corrected chi connectivity index (χ2v) is 9.06. The van der Waals surface area contributed by atoms with Gasteiger partial charge in [-0.25, -0.2) is 9.59 Å². The highest BCUT2D eigenvalue weighted by Crippen LogP contribution is 2.47. The second kappa shape index (κ2) is 8.27. The Kier molecular flexibility index (Phi) is 5.64. The minimum atomic E-state index is -0.931. The van der Waals surface area contributed by atoms with Crippen LogP contribution in [0.1, 0.15) is 36.7 Å². The molecule has 2 saturated heterocycles. The summed E-state index contributed by atoms with van der Waals surface area (Å²) in [4.78, 5) is 46.0. The Bertz CT molecular complexity index is 1010. The van der Waals surface area contributed by atoms with Crippen molar-refractivity contribution in [1.29, 1.82) is 0 Å². The average Bonchev–Trinajstić information content (AvgIpc) is 3.31. The molecule has 2 atom stereocenters. The van der Waals surface area contributed by atoms with Crippen LogP contribution in [0, 0.1) is 5.92 Å². The van der Waals surface area contributed by atoms with E-state index in [2.05, 4.69) is 5.32 Å². The van der Waals surface area contributed by atoms with E-state index in [0.29, 0.717) is 12.1 Å². The maximum atomic E-state index is 13.2. The summed E-state index contributed by atoms with van der Waals surface area (Å²) >= 11 is 0. The number of nitrogens with one attached hydrogen (secondary N) is 1. The summed E-state index contributed by atoms with van der Waals surface area (Å²) in [5, 5.41) is 3.64. The largest absolute Gasteiger partial charge is 0.444 e. The second-order valence-electron chi connectivity index (χ2n) is 9.06. The van der Waals surface area contributed by atoms with Crippen molar-refractivity contribution in [2.75, 3.05) is 19.7 Å². The molecule has 32 heavy (non-hydrogen) atoms. The van der Waals surface area contributed by atoms with Gasteiger partial charge in [0, 0.05) is 18.0 Å². The highest BCUT2D eigenvalue weighted by molar-refractivity contribution is 6.04. The number of carbonyl (C=O) groups is 3. The fourth-order valence-electron chi connectivity index (χ4n) is 4.29. The summed E-state index contributed by atoms with van der Waals surface area (Å²) in [5.74, 6) is -0.692. The van der Waals surface area contributed by atoms with E-state index in [0.717, 1.165) is 5.56 Å². The van der Waals surface area contributed by atoms with Gasteiger partial charge in [0.2, 0.25) is 0 Å². The molecule has 8 heteroatoms. The third-order valence-corrected chi connectivity index (χ3v) is 5.68. The summed E-state index contributed by atoms with van der Waals surface area (Å²) in [6, 6.07) is 17.3. The Hall–Kier alpha value is -3.39. The van der Waals surface area contributed by atoms with Gasteiger partial charge in [-0.15, -0.1) is 0 Å². The molecule has 8 nitrogen and oxygen atoms in total. The molecule has 4 rings (SSSR count). The molecule has 0 radical (unpaired) electrons. The zero-order chi connectivity index (χ0) is 22.9. The van der Waals surface area contributed by atoms with Gasteiger partial charge >= 0.3 is 12.1 Å². The molecular formula is C24H27N3O5. The minimum Gasteiger partial charge on any atom is -0.444 e. The number of amides is 4. The third-order valence-electron chi connectivity index (χ3n) is 5.68. The van der Waals surface area contributed by atoms with Gasteiger partial charge in [-0.3, -0.25) is 14.9 Å². The van der Waals surface area contributed by atoms with Crippen LogP contribution in [0.4, 0.5) is 9.59 Å². The fraction of sp³-hybridized carbons (Fsp3) is 0.375. The van der Waals surface area contributed by atoms with E-state index in [9.17, 15) is 14.4 Å². The Labute approximate surface area is 187 Å². The molecule has 2 aliphatic rings. The number of urea groups is 1. The van der Waals surface area contributed by atoms with Gasteiger partial charge in [0.1, 0.15) is 11.1 Å². The molecule has 0 aromatic heterocycles. The quantitative estimate of drug-likeness (QED) is 0.776.